The summed E-state index contributed by atoms with van der Waals surface area (Å²) in [5.74, 6) is -1.72. The van der Waals surface area contributed by atoms with Crippen LogP contribution in [0.2, 0.25) is 0 Å². The van der Waals surface area contributed by atoms with E-state index in [4.69, 9.17) is 16.2 Å². The summed E-state index contributed by atoms with van der Waals surface area (Å²) in [7, 11) is 0. The Labute approximate surface area is 114 Å². The van der Waals surface area contributed by atoms with Gasteiger partial charge in [-0.1, -0.05) is 0 Å². The number of benzene rings is 2. The molecule has 0 aliphatic carbocycles. The number of hydrogen-bond acceptors (Lipinski definition) is 3. The van der Waals surface area contributed by atoms with Crippen LogP contribution in [0.1, 0.15) is 15.9 Å². The number of carbonyl (C=O) groups is 1. The highest BCUT2D eigenvalue weighted by molar-refractivity contribution is 5.96. The van der Waals surface area contributed by atoms with E-state index in [1.54, 1.807) is 0 Å². The molecule has 104 valence electrons. The normalized spacial score (nSPS) is 10.3. The average molecular weight is 278 g/mol. The molecule has 0 heterocycles. The molecule has 0 aromatic heterocycles. The van der Waals surface area contributed by atoms with Crippen molar-refractivity contribution in [1.82, 2.24) is 0 Å². The van der Waals surface area contributed by atoms with Gasteiger partial charge in [-0.2, -0.15) is 0 Å². The third-order valence-electron chi connectivity index (χ3n) is 2.66. The van der Waals surface area contributed by atoms with E-state index >= 15 is 0 Å². The fraction of sp³-hybridized carbons (Fsp3) is 0.0714. The number of anilines is 1. The van der Waals surface area contributed by atoms with Crippen LogP contribution < -0.4 is 16.2 Å². The van der Waals surface area contributed by atoms with E-state index in [0.29, 0.717) is 5.69 Å². The Morgan fingerprint density at radius 2 is 1.90 bits per heavy atom. The van der Waals surface area contributed by atoms with E-state index < -0.39 is 17.5 Å². The zero-order chi connectivity index (χ0) is 14.7. The van der Waals surface area contributed by atoms with Crippen molar-refractivity contribution in [1.29, 1.82) is 0 Å². The van der Waals surface area contributed by atoms with E-state index in [2.05, 4.69) is 0 Å². The maximum atomic E-state index is 13.4. The lowest BCUT2D eigenvalue weighted by molar-refractivity contribution is 0.0996. The standard InChI is InChI=1S/C14H12F2N2O2/c15-9-1-3-12(16)8(5-9)7-20-13-4-2-10(17)6-11(13)14(18)19/h1-6H,7,17H2,(H2,18,19). The summed E-state index contributed by atoms with van der Waals surface area (Å²) in [4.78, 5) is 11.3. The molecule has 0 atom stereocenters. The molecule has 2 rings (SSSR count). The number of carbonyl (C=O) groups excluding carboxylic acids is 1. The van der Waals surface area contributed by atoms with Crippen molar-refractivity contribution in [2.75, 3.05) is 5.73 Å². The molecule has 4 N–H and O–H groups in total. The molecule has 2 aromatic carbocycles. The zero-order valence-electron chi connectivity index (χ0n) is 10.4. The second-order valence-corrected chi connectivity index (χ2v) is 4.14. The van der Waals surface area contributed by atoms with Crippen molar-refractivity contribution < 1.29 is 18.3 Å². The second kappa shape index (κ2) is 5.56. The Hall–Kier alpha value is -2.63. The van der Waals surface area contributed by atoms with Crippen molar-refractivity contribution in [3.8, 4) is 5.75 Å². The first-order valence-corrected chi connectivity index (χ1v) is 5.73. The van der Waals surface area contributed by atoms with Gasteiger partial charge in [0.25, 0.3) is 5.91 Å². The second-order valence-electron chi connectivity index (χ2n) is 4.14. The van der Waals surface area contributed by atoms with Crippen LogP contribution in [0, 0.1) is 11.6 Å². The average Bonchev–Trinajstić information content (AvgIpc) is 2.40. The van der Waals surface area contributed by atoms with Gasteiger partial charge in [0.15, 0.2) is 0 Å². The van der Waals surface area contributed by atoms with Crippen LogP contribution in [-0.2, 0) is 6.61 Å². The Balaban J connectivity index is 2.23. The van der Waals surface area contributed by atoms with Gasteiger partial charge in [-0.25, -0.2) is 8.78 Å². The fourth-order valence-electron chi connectivity index (χ4n) is 1.68. The molecule has 0 aliphatic heterocycles. The van der Waals surface area contributed by atoms with Crippen LogP contribution in [0.5, 0.6) is 5.75 Å². The van der Waals surface area contributed by atoms with Gasteiger partial charge in [-0.05, 0) is 36.4 Å². The molecule has 0 radical (unpaired) electrons. The smallest absolute Gasteiger partial charge is 0.252 e. The van der Waals surface area contributed by atoms with Gasteiger partial charge in [-0.15, -0.1) is 0 Å². The molecule has 0 saturated carbocycles. The summed E-state index contributed by atoms with van der Waals surface area (Å²) in [6.07, 6.45) is 0. The van der Waals surface area contributed by atoms with E-state index in [-0.39, 0.29) is 23.5 Å². The van der Waals surface area contributed by atoms with E-state index in [9.17, 15) is 13.6 Å². The van der Waals surface area contributed by atoms with Crippen LogP contribution >= 0.6 is 0 Å². The van der Waals surface area contributed by atoms with Gasteiger partial charge < -0.3 is 16.2 Å². The van der Waals surface area contributed by atoms with Crippen LogP contribution in [0.25, 0.3) is 0 Å². The maximum Gasteiger partial charge on any atom is 0.252 e. The molecular weight excluding hydrogens is 266 g/mol. The van der Waals surface area contributed by atoms with Gasteiger partial charge in [0, 0.05) is 11.3 Å². The summed E-state index contributed by atoms with van der Waals surface area (Å²) >= 11 is 0. The van der Waals surface area contributed by atoms with E-state index in [1.165, 1.54) is 18.2 Å². The Morgan fingerprint density at radius 3 is 2.60 bits per heavy atom. The van der Waals surface area contributed by atoms with E-state index in [1.807, 2.05) is 0 Å². The molecule has 0 spiro atoms. The molecule has 0 aliphatic rings. The zero-order valence-corrected chi connectivity index (χ0v) is 10.4. The third-order valence-corrected chi connectivity index (χ3v) is 2.66. The Bertz CT molecular complexity index is 660. The first kappa shape index (κ1) is 13.8. The lowest BCUT2D eigenvalue weighted by Crippen LogP contribution is -2.13. The fourth-order valence-corrected chi connectivity index (χ4v) is 1.68. The predicted molar refractivity (Wildman–Crippen MR) is 70.1 cm³/mol. The summed E-state index contributed by atoms with van der Waals surface area (Å²) in [5.41, 5.74) is 11.2. The number of rotatable bonds is 4. The molecule has 0 saturated heterocycles. The molecule has 4 nitrogen and oxygen atoms in total. The van der Waals surface area contributed by atoms with Crippen molar-refractivity contribution in [3.05, 3.63) is 59.2 Å². The first-order valence-electron chi connectivity index (χ1n) is 5.73. The van der Waals surface area contributed by atoms with Gasteiger partial charge in [0.2, 0.25) is 0 Å². The first-order chi connectivity index (χ1) is 9.47. The Morgan fingerprint density at radius 1 is 1.15 bits per heavy atom. The van der Waals surface area contributed by atoms with Crippen LogP contribution in [0.3, 0.4) is 0 Å². The number of hydrogen-bond donors (Lipinski definition) is 2. The molecule has 20 heavy (non-hydrogen) atoms. The third kappa shape index (κ3) is 3.03. The molecule has 0 unspecified atom stereocenters. The highest BCUT2D eigenvalue weighted by Gasteiger charge is 2.11. The van der Waals surface area contributed by atoms with Crippen molar-refractivity contribution in [3.63, 3.8) is 0 Å². The highest BCUT2D eigenvalue weighted by atomic mass is 19.1. The highest BCUT2D eigenvalue weighted by Crippen LogP contribution is 2.22. The summed E-state index contributed by atoms with van der Waals surface area (Å²) < 4.78 is 31.8. The summed E-state index contributed by atoms with van der Waals surface area (Å²) in [6.45, 7) is -0.228. The van der Waals surface area contributed by atoms with Gasteiger partial charge in [-0.3, -0.25) is 4.79 Å². The monoisotopic (exact) mass is 278 g/mol. The minimum absolute atomic E-state index is 0.0391. The topological polar surface area (TPSA) is 78.3 Å². The van der Waals surface area contributed by atoms with Crippen molar-refractivity contribution in [2.24, 2.45) is 5.73 Å². The number of primary amides is 1. The minimum Gasteiger partial charge on any atom is -0.488 e. The van der Waals surface area contributed by atoms with Gasteiger partial charge in [0.05, 0.1) is 5.56 Å². The number of halogens is 2. The largest absolute Gasteiger partial charge is 0.488 e. The molecule has 6 heteroatoms. The summed E-state index contributed by atoms with van der Waals surface area (Å²) in [6, 6.07) is 7.37. The predicted octanol–water partition coefficient (Wildman–Crippen LogP) is 2.22. The van der Waals surface area contributed by atoms with Crippen molar-refractivity contribution in [2.45, 2.75) is 6.61 Å². The molecule has 2 aromatic rings. The maximum absolute atomic E-state index is 13.4. The molecule has 1 amide bonds. The van der Waals surface area contributed by atoms with Crippen LogP contribution in [0.4, 0.5) is 14.5 Å². The van der Waals surface area contributed by atoms with Crippen LogP contribution in [-0.4, -0.2) is 5.91 Å². The quantitative estimate of drug-likeness (QED) is 0.842. The van der Waals surface area contributed by atoms with E-state index in [0.717, 1.165) is 18.2 Å². The SMILES string of the molecule is NC(=O)c1cc(N)ccc1OCc1cc(F)ccc1F. The number of amides is 1. The number of nitrogen functional groups attached to an aromatic ring is 1. The van der Waals surface area contributed by atoms with Gasteiger partial charge in [0.1, 0.15) is 24.0 Å². The van der Waals surface area contributed by atoms with Gasteiger partial charge >= 0.3 is 0 Å². The number of ether oxygens (including phenoxy) is 1. The summed E-state index contributed by atoms with van der Waals surface area (Å²) in [5, 5.41) is 0. The van der Waals surface area contributed by atoms with Crippen LogP contribution in [0.15, 0.2) is 36.4 Å². The Kier molecular flexibility index (Phi) is 3.84. The minimum atomic E-state index is -0.716. The number of nitrogens with two attached hydrogens (primary N) is 2. The molecule has 0 bridgehead atoms. The van der Waals surface area contributed by atoms with Crippen molar-refractivity contribution >= 4 is 11.6 Å². The molecule has 0 fully saturated rings. The molecular formula is C14H12F2N2O2. The lowest BCUT2D eigenvalue weighted by Gasteiger charge is -2.11. The lowest BCUT2D eigenvalue weighted by atomic mass is 10.1.